The van der Waals surface area contributed by atoms with Crippen molar-refractivity contribution in [3.8, 4) is 23.0 Å². The van der Waals surface area contributed by atoms with Crippen molar-refractivity contribution in [2.75, 3.05) is 50.2 Å². The smallest absolute Gasteiger partial charge is 0.327 e. The van der Waals surface area contributed by atoms with Gasteiger partial charge in [0.05, 0.1) is 19.2 Å². The molecule has 9 nitrogen and oxygen atoms in total. The molecule has 0 bridgehead atoms. The van der Waals surface area contributed by atoms with E-state index in [4.69, 9.17) is 14.2 Å². The molecule has 0 aliphatic carbocycles. The summed E-state index contributed by atoms with van der Waals surface area (Å²) in [6.45, 7) is 8.34. The van der Waals surface area contributed by atoms with E-state index in [0.29, 0.717) is 47.1 Å². The minimum absolute atomic E-state index is 0.0176. The van der Waals surface area contributed by atoms with E-state index < -0.39 is 5.82 Å². The second-order valence-electron chi connectivity index (χ2n) is 11.4. The molecule has 1 fully saturated rings. The van der Waals surface area contributed by atoms with Crippen LogP contribution in [-0.2, 0) is 0 Å². The van der Waals surface area contributed by atoms with Crippen LogP contribution in [0.4, 0.5) is 20.6 Å². The van der Waals surface area contributed by atoms with Crippen LogP contribution < -0.4 is 24.4 Å². The zero-order chi connectivity index (χ0) is 31.3. The summed E-state index contributed by atoms with van der Waals surface area (Å²) < 4.78 is 32.9. The lowest BCUT2D eigenvalue weighted by Crippen LogP contribution is -2.34. The summed E-state index contributed by atoms with van der Waals surface area (Å²) in [4.78, 5) is 23.5. The molecule has 2 aliphatic heterocycles. The number of likely N-dealkylation sites (tertiary alicyclic amines) is 1. The van der Waals surface area contributed by atoms with Crippen LogP contribution in [0.5, 0.6) is 23.0 Å². The van der Waals surface area contributed by atoms with Gasteiger partial charge in [-0.1, -0.05) is 18.2 Å². The number of urea groups is 1. The van der Waals surface area contributed by atoms with Crippen LogP contribution in [0.25, 0.3) is 10.9 Å². The highest BCUT2D eigenvalue weighted by Crippen LogP contribution is 2.38. The molecule has 1 saturated heterocycles. The fourth-order valence-corrected chi connectivity index (χ4v) is 5.90. The first-order valence-electron chi connectivity index (χ1n) is 15.3. The van der Waals surface area contributed by atoms with Gasteiger partial charge in [-0.15, -0.1) is 0 Å². The molecule has 2 amide bonds. The largest absolute Gasteiger partial charge is 0.493 e. The Labute approximate surface area is 262 Å². The number of hydrogen-bond acceptors (Lipinski definition) is 7. The molecule has 6 rings (SSSR count). The molecule has 1 aromatic heterocycles. The van der Waals surface area contributed by atoms with Gasteiger partial charge in [0.15, 0.2) is 23.1 Å². The number of hydrogen-bond donors (Lipinski definition) is 1. The van der Waals surface area contributed by atoms with E-state index >= 15 is 4.39 Å². The maximum Gasteiger partial charge on any atom is 0.327 e. The fraction of sp³-hybridized carbons (Fsp3) is 0.314. The lowest BCUT2D eigenvalue weighted by atomic mass is 10.1. The number of anilines is 2. The molecule has 0 spiro atoms. The fourth-order valence-electron chi connectivity index (χ4n) is 5.90. The number of para-hydroxylation sites is 1. The topological polar surface area (TPSA) is 79.4 Å². The maximum atomic E-state index is 15.3. The predicted octanol–water partition coefficient (Wildman–Crippen LogP) is 7.44. The van der Waals surface area contributed by atoms with Crippen LogP contribution in [0.2, 0.25) is 0 Å². The normalized spacial score (nSPS) is 14.8. The summed E-state index contributed by atoms with van der Waals surface area (Å²) in [5.41, 5.74) is 4.26. The molecule has 3 aromatic carbocycles. The molecular weight excluding hydrogens is 573 g/mol. The van der Waals surface area contributed by atoms with Crippen molar-refractivity contribution in [3.05, 3.63) is 90.1 Å². The first-order valence-corrected chi connectivity index (χ1v) is 15.3. The number of rotatable bonds is 10. The van der Waals surface area contributed by atoms with E-state index in [1.54, 1.807) is 37.7 Å². The van der Waals surface area contributed by atoms with E-state index in [-0.39, 0.29) is 11.8 Å². The third kappa shape index (κ3) is 6.81. The van der Waals surface area contributed by atoms with Crippen LogP contribution in [0.15, 0.2) is 73.2 Å². The SMILES string of the molecule is COc1cc2c(Oc3ccc(NC(=O)N4C=CN(c5c(C)cccc5C)C4)cc3F)ccnc2cc1OCCCN1CCCC1. The standard InChI is InChI=1S/C35H38FN5O4/c1-24-8-6-9-25(2)34(24)40-17-18-41(23-40)35(42)38-26-10-11-31(28(36)20-26)45-30-12-13-37-29-22-33(32(43-3)21-27(29)30)44-19-7-16-39-14-4-5-15-39/h6,8-13,17-18,20-22H,4-5,7,14-16,19,23H2,1-3H3,(H,38,42). The average molecular weight is 612 g/mol. The van der Waals surface area contributed by atoms with Gasteiger partial charge in [-0.05, 0) is 81.6 Å². The van der Waals surface area contributed by atoms with Gasteiger partial charge >= 0.3 is 6.03 Å². The highest BCUT2D eigenvalue weighted by molar-refractivity contribution is 5.91. The number of fused-ring (bicyclic) bond motifs is 1. The number of carbonyl (C=O) groups excluding carboxylic acids is 1. The Morgan fingerprint density at radius 1 is 0.956 bits per heavy atom. The maximum absolute atomic E-state index is 15.3. The quantitative estimate of drug-likeness (QED) is 0.187. The number of carbonyl (C=O) groups is 1. The summed E-state index contributed by atoms with van der Waals surface area (Å²) >= 11 is 0. The van der Waals surface area contributed by atoms with Crippen molar-refractivity contribution < 1.29 is 23.4 Å². The summed E-state index contributed by atoms with van der Waals surface area (Å²) in [5, 5.41) is 3.43. The molecule has 4 aromatic rings. The van der Waals surface area contributed by atoms with Crippen molar-refractivity contribution in [1.29, 1.82) is 0 Å². The van der Waals surface area contributed by atoms with Gasteiger partial charge in [-0.2, -0.15) is 0 Å². The molecule has 1 N–H and O–H groups in total. The average Bonchev–Trinajstić information content (AvgIpc) is 3.73. The van der Waals surface area contributed by atoms with Crippen LogP contribution in [0, 0.1) is 19.7 Å². The molecule has 3 heterocycles. The van der Waals surface area contributed by atoms with E-state index in [9.17, 15) is 4.79 Å². The Kier molecular flexibility index (Phi) is 9.02. The highest BCUT2D eigenvalue weighted by Gasteiger charge is 2.22. The molecule has 0 unspecified atom stereocenters. The Bertz CT molecular complexity index is 1700. The van der Waals surface area contributed by atoms with Crippen molar-refractivity contribution in [1.82, 2.24) is 14.8 Å². The Morgan fingerprint density at radius 3 is 2.51 bits per heavy atom. The van der Waals surface area contributed by atoms with Crippen LogP contribution in [0.3, 0.4) is 0 Å². The van der Waals surface area contributed by atoms with E-state index in [0.717, 1.165) is 42.9 Å². The monoisotopic (exact) mass is 611 g/mol. The van der Waals surface area contributed by atoms with Gasteiger partial charge in [0.1, 0.15) is 12.4 Å². The number of pyridine rings is 1. The number of aromatic nitrogens is 1. The Morgan fingerprint density at radius 2 is 1.76 bits per heavy atom. The van der Waals surface area contributed by atoms with E-state index in [1.807, 2.05) is 49.2 Å². The number of nitrogens with zero attached hydrogens (tertiary/aromatic N) is 4. The lowest BCUT2D eigenvalue weighted by molar-refractivity contribution is 0.231. The number of ether oxygens (including phenoxy) is 3. The molecule has 45 heavy (non-hydrogen) atoms. The van der Waals surface area contributed by atoms with Crippen LogP contribution in [0.1, 0.15) is 30.4 Å². The molecule has 2 aliphatic rings. The van der Waals surface area contributed by atoms with Crippen molar-refractivity contribution in [2.24, 2.45) is 0 Å². The van der Waals surface area contributed by atoms with E-state index in [1.165, 1.54) is 29.9 Å². The minimum Gasteiger partial charge on any atom is -0.493 e. The Hall–Kier alpha value is -4.83. The first-order chi connectivity index (χ1) is 21.9. The predicted molar refractivity (Wildman–Crippen MR) is 174 cm³/mol. The second-order valence-corrected chi connectivity index (χ2v) is 11.4. The van der Waals surface area contributed by atoms with Crippen molar-refractivity contribution in [2.45, 2.75) is 33.1 Å². The molecule has 234 valence electrons. The number of halogens is 1. The number of methoxy groups -OCH3 is 1. The zero-order valence-electron chi connectivity index (χ0n) is 25.9. The summed E-state index contributed by atoms with van der Waals surface area (Å²) in [7, 11) is 1.58. The second kappa shape index (κ2) is 13.4. The van der Waals surface area contributed by atoms with Crippen LogP contribution in [-0.4, -0.2) is 60.8 Å². The minimum atomic E-state index is -0.614. The van der Waals surface area contributed by atoms with Gasteiger partial charge in [-0.3, -0.25) is 9.88 Å². The Balaban J connectivity index is 1.10. The van der Waals surface area contributed by atoms with Gasteiger partial charge in [-0.25, -0.2) is 9.18 Å². The summed E-state index contributed by atoms with van der Waals surface area (Å²) in [6, 6.07) is 15.4. The van der Waals surface area contributed by atoms with E-state index in [2.05, 4.69) is 15.2 Å². The highest BCUT2D eigenvalue weighted by atomic mass is 19.1. The molecule has 0 saturated carbocycles. The summed E-state index contributed by atoms with van der Waals surface area (Å²) in [5.74, 6) is 0.976. The van der Waals surface area contributed by atoms with Gasteiger partial charge in [0.25, 0.3) is 0 Å². The molecule has 0 radical (unpaired) electrons. The number of aryl methyl sites for hydroxylation is 2. The number of amides is 2. The van der Waals surface area contributed by atoms with Gasteiger partial charge in [0.2, 0.25) is 0 Å². The third-order valence-electron chi connectivity index (χ3n) is 8.18. The van der Waals surface area contributed by atoms with Crippen molar-refractivity contribution in [3.63, 3.8) is 0 Å². The lowest BCUT2D eigenvalue weighted by Gasteiger charge is -2.23. The molecule has 0 atom stereocenters. The van der Waals surface area contributed by atoms with Gasteiger partial charge < -0.3 is 29.3 Å². The van der Waals surface area contributed by atoms with Crippen LogP contribution >= 0.6 is 0 Å². The van der Waals surface area contributed by atoms with Gasteiger partial charge in [0, 0.05) is 54.0 Å². The first kappa shape index (κ1) is 30.2. The van der Waals surface area contributed by atoms with Crippen molar-refractivity contribution >= 4 is 28.3 Å². The zero-order valence-corrected chi connectivity index (χ0v) is 25.9. The number of nitrogens with one attached hydrogen (secondary N) is 1. The molecule has 10 heteroatoms. The molecular formula is C35H38FN5O4. The summed E-state index contributed by atoms with van der Waals surface area (Å²) in [6.07, 6.45) is 8.65. The number of benzene rings is 3. The third-order valence-corrected chi connectivity index (χ3v) is 8.18.